The summed E-state index contributed by atoms with van der Waals surface area (Å²) in [6.07, 6.45) is 1.27. The molecule has 0 amide bonds. The number of carbonyl (C=O) groups is 1. The minimum absolute atomic E-state index is 0.372. The molecule has 1 aromatic carbocycles. The number of rotatable bonds is 5. The minimum atomic E-state index is -0.808. The molecule has 104 valence electrons. The first kappa shape index (κ1) is 13.9. The first-order chi connectivity index (χ1) is 8.92. The number of ether oxygens (including phenoxy) is 1. The first-order valence-electron chi connectivity index (χ1n) is 6.59. The zero-order chi connectivity index (χ0) is 14.2. The SMILES string of the molecule is COc1ccc(C(C)C)cc1C(N)C1(C(=O)O)CC1. The predicted octanol–water partition coefficient (Wildman–Crippen LogP) is 2.68. The van der Waals surface area contributed by atoms with Gasteiger partial charge in [0.2, 0.25) is 0 Å². The van der Waals surface area contributed by atoms with Crippen LogP contribution in [0.25, 0.3) is 0 Å². The van der Waals surface area contributed by atoms with E-state index in [4.69, 9.17) is 10.5 Å². The standard InChI is InChI=1S/C15H21NO3/c1-9(2)10-4-5-12(19-3)11(8-10)13(16)15(6-7-15)14(17)18/h4-5,8-9,13H,6-7,16H2,1-3H3,(H,17,18). The van der Waals surface area contributed by atoms with Gasteiger partial charge in [0.25, 0.3) is 0 Å². The minimum Gasteiger partial charge on any atom is -0.496 e. The lowest BCUT2D eigenvalue weighted by molar-refractivity contribution is -0.144. The van der Waals surface area contributed by atoms with Crippen LogP contribution in [-0.4, -0.2) is 18.2 Å². The van der Waals surface area contributed by atoms with E-state index >= 15 is 0 Å². The van der Waals surface area contributed by atoms with Crippen molar-refractivity contribution >= 4 is 5.97 Å². The maximum absolute atomic E-state index is 11.4. The third-order valence-electron chi connectivity index (χ3n) is 4.07. The van der Waals surface area contributed by atoms with Gasteiger partial charge in [-0.05, 0) is 30.4 Å². The smallest absolute Gasteiger partial charge is 0.311 e. The van der Waals surface area contributed by atoms with Gasteiger partial charge in [0.1, 0.15) is 5.75 Å². The molecule has 0 aliphatic heterocycles. The lowest BCUT2D eigenvalue weighted by Crippen LogP contribution is -2.30. The molecule has 1 saturated carbocycles. The zero-order valence-electron chi connectivity index (χ0n) is 11.6. The Balaban J connectivity index is 2.42. The molecular weight excluding hydrogens is 242 g/mol. The summed E-state index contributed by atoms with van der Waals surface area (Å²) in [6.45, 7) is 4.20. The maximum Gasteiger partial charge on any atom is 0.311 e. The summed E-state index contributed by atoms with van der Waals surface area (Å²) in [7, 11) is 1.58. The molecule has 1 atom stereocenters. The van der Waals surface area contributed by atoms with Crippen molar-refractivity contribution in [3.63, 3.8) is 0 Å². The van der Waals surface area contributed by atoms with Crippen molar-refractivity contribution in [2.75, 3.05) is 7.11 Å². The van der Waals surface area contributed by atoms with Gasteiger partial charge in [-0.15, -0.1) is 0 Å². The summed E-state index contributed by atoms with van der Waals surface area (Å²) in [4.78, 5) is 11.4. The monoisotopic (exact) mass is 263 g/mol. The van der Waals surface area contributed by atoms with E-state index in [-0.39, 0.29) is 0 Å². The normalized spacial score (nSPS) is 18.2. The average Bonchev–Trinajstić information content (AvgIpc) is 3.18. The predicted molar refractivity (Wildman–Crippen MR) is 73.3 cm³/mol. The fourth-order valence-corrected chi connectivity index (χ4v) is 2.45. The number of hydrogen-bond acceptors (Lipinski definition) is 3. The summed E-state index contributed by atoms with van der Waals surface area (Å²) in [5.41, 5.74) is 7.36. The summed E-state index contributed by atoms with van der Waals surface area (Å²) in [5, 5.41) is 9.36. The van der Waals surface area contributed by atoms with Crippen LogP contribution in [0.1, 0.15) is 49.8 Å². The Labute approximate surface area is 113 Å². The molecule has 1 aliphatic rings. The quantitative estimate of drug-likeness (QED) is 0.856. The molecule has 1 aliphatic carbocycles. The summed E-state index contributed by atoms with van der Waals surface area (Å²) >= 11 is 0. The average molecular weight is 263 g/mol. The maximum atomic E-state index is 11.4. The van der Waals surface area contributed by atoms with Crippen molar-refractivity contribution in [3.05, 3.63) is 29.3 Å². The van der Waals surface area contributed by atoms with Gasteiger partial charge in [-0.1, -0.05) is 26.0 Å². The Morgan fingerprint density at radius 1 is 1.42 bits per heavy atom. The second-order valence-electron chi connectivity index (χ2n) is 5.60. The molecular formula is C15H21NO3. The molecule has 1 fully saturated rings. The Bertz CT molecular complexity index is 492. The van der Waals surface area contributed by atoms with E-state index in [2.05, 4.69) is 13.8 Å². The molecule has 0 radical (unpaired) electrons. The molecule has 0 aromatic heterocycles. The van der Waals surface area contributed by atoms with Crippen LogP contribution in [0, 0.1) is 5.41 Å². The number of nitrogens with two attached hydrogens (primary N) is 1. The van der Waals surface area contributed by atoms with E-state index in [0.29, 0.717) is 24.5 Å². The molecule has 1 unspecified atom stereocenters. The second-order valence-corrected chi connectivity index (χ2v) is 5.60. The van der Waals surface area contributed by atoms with Gasteiger partial charge < -0.3 is 15.6 Å². The molecule has 0 spiro atoms. The largest absolute Gasteiger partial charge is 0.496 e. The Morgan fingerprint density at radius 3 is 2.47 bits per heavy atom. The summed E-state index contributed by atoms with van der Waals surface area (Å²) in [6, 6.07) is 5.35. The third-order valence-corrected chi connectivity index (χ3v) is 4.07. The summed E-state index contributed by atoms with van der Waals surface area (Å²) < 4.78 is 5.33. The van der Waals surface area contributed by atoms with Gasteiger partial charge in [0.15, 0.2) is 0 Å². The highest BCUT2D eigenvalue weighted by Gasteiger charge is 2.55. The van der Waals surface area contributed by atoms with Crippen molar-refractivity contribution in [1.82, 2.24) is 0 Å². The van der Waals surface area contributed by atoms with Crippen molar-refractivity contribution in [2.24, 2.45) is 11.1 Å². The van der Waals surface area contributed by atoms with Gasteiger partial charge in [-0.3, -0.25) is 4.79 Å². The Kier molecular flexibility index (Phi) is 3.54. The number of carboxylic acid groups (broad SMARTS) is 1. The van der Waals surface area contributed by atoms with Crippen molar-refractivity contribution in [3.8, 4) is 5.75 Å². The van der Waals surface area contributed by atoms with Gasteiger partial charge in [-0.2, -0.15) is 0 Å². The third kappa shape index (κ3) is 2.32. The fraction of sp³-hybridized carbons (Fsp3) is 0.533. The molecule has 3 N–H and O–H groups in total. The second kappa shape index (κ2) is 4.85. The van der Waals surface area contributed by atoms with Crippen LogP contribution in [0.5, 0.6) is 5.75 Å². The van der Waals surface area contributed by atoms with E-state index in [9.17, 15) is 9.90 Å². The highest BCUT2D eigenvalue weighted by Crippen LogP contribution is 2.55. The molecule has 0 saturated heterocycles. The van der Waals surface area contributed by atoms with Crippen LogP contribution in [0.3, 0.4) is 0 Å². The van der Waals surface area contributed by atoms with Crippen LogP contribution in [0.2, 0.25) is 0 Å². The summed E-state index contributed by atoms with van der Waals surface area (Å²) in [5.74, 6) is 0.235. The lowest BCUT2D eigenvalue weighted by atomic mass is 9.88. The fourth-order valence-electron chi connectivity index (χ4n) is 2.45. The van der Waals surface area contributed by atoms with Crippen molar-refractivity contribution in [2.45, 2.75) is 38.6 Å². The Hall–Kier alpha value is -1.55. The molecule has 4 nitrogen and oxygen atoms in total. The van der Waals surface area contributed by atoms with E-state index in [1.165, 1.54) is 0 Å². The van der Waals surface area contributed by atoms with E-state index in [1.54, 1.807) is 7.11 Å². The molecule has 0 bridgehead atoms. The van der Waals surface area contributed by atoms with Crippen LogP contribution in [0.4, 0.5) is 0 Å². The highest BCUT2D eigenvalue weighted by atomic mass is 16.5. The number of methoxy groups -OCH3 is 1. The molecule has 2 rings (SSSR count). The lowest BCUT2D eigenvalue weighted by Gasteiger charge is -2.23. The van der Waals surface area contributed by atoms with Crippen LogP contribution < -0.4 is 10.5 Å². The van der Waals surface area contributed by atoms with Crippen molar-refractivity contribution < 1.29 is 14.6 Å². The van der Waals surface area contributed by atoms with E-state index < -0.39 is 17.4 Å². The van der Waals surface area contributed by atoms with E-state index in [0.717, 1.165) is 11.1 Å². The van der Waals surface area contributed by atoms with Gasteiger partial charge in [-0.25, -0.2) is 0 Å². The highest BCUT2D eigenvalue weighted by molar-refractivity contribution is 5.79. The first-order valence-corrected chi connectivity index (χ1v) is 6.59. The number of aliphatic carboxylic acids is 1. The topological polar surface area (TPSA) is 72.5 Å². The number of hydrogen-bond donors (Lipinski definition) is 2. The number of carboxylic acids is 1. The van der Waals surface area contributed by atoms with Gasteiger partial charge in [0.05, 0.1) is 12.5 Å². The molecule has 1 aromatic rings. The van der Waals surface area contributed by atoms with Crippen LogP contribution in [0.15, 0.2) is 18.2 Å². The Morgan fingerprint density at radius 2 is 2.05 bits per heavy atom. The van der Waals surface area contributed by atoms with Crippen molar-refractivity contribution in [1.29, 1.82) is 0 Å². The van der Waals surface area contributed by atoms with Gasteiger partial charge in [0, 0.05) is 11.6 Å². The zero-order valence-corrected chi connectivity index (χ0v) is 11.6. The number of benzene rings is 1. The van der Waals surface area contributed by atoms with Gasteiger partial charge >= 0.3 is 5.97 Å². The van der Waals surface area contributed by atoms with E-state index in [1.807, 2.05) is 18.2 Å². The molecule has 19 heavy (non-hydrogen) atoms. The van der Waals surface area contributed by atoms with Crippen LogP contribution >= 0.6 is 0 Å². The van der Waals surface area contributed by atoms with Crippen LogP contribution in [-0.2, 0) is 4.79 Å². The molecule has 0 heterocycles. The molecule has 4 heteroatoms.